The number of aromatic carboxylic acids is 1. The fraction of sp³-hybridized carbons (Fsp3) is 0.118. The number of hydrogen-bond acceptors (Lipinski definition) is 5. The van der Waals surface area contributed by atoms with Crippen LogP contribution in [0.5, 0.6) is 11.5 Å². The van der Waals surface area contributed by atoms with Crippen LogP contribution < -0.4 is 14.8 Å². The summed E-state index contributed by atoms with van der Waals surface area (Å²) in [7, 11) is 0. The first-order chi connectivity index (χ1) is 11.9. The molecule has 2 aromatic carbocycles. The Kier molecular flexibility index (Phi) is 5.97. The van der Waals surface area contributed by atoms with Crippen molar-refractivity contribution in [2.45, 2.75) is 6.92 Å². The summed E-state index contributed by atoms with van der Waals surface area (Å²) in [6.07, 6.45) is 0. The predicted molar refractivity (Wildman–Crippen MR) is 90.3 cm³/mol. The number of benzene rings is 2. The SMILES string of the molecule is CC(=O)Oc1ccc(NC(=O)COc2ccccc2Cl)c(C(=O)O)c1. The van der Waals surface area contributed by atoms with E-state index in [4.69, 9.17) is 21.1 Å². The summed E-state index contributed by atoms with van der Waals surface area (Å²) in [5, 5.41) is 12.0. The first-order valence-corrected chi connectivity index (χ1v) is 7.47. The molecule has 2 N–H and O–H groups in total. The molecular weight excluding hydrogens is 350 g/mol. The van der Waals surface area contributed by atoms with Gasteiger partial charge in [-0.1, -0.05) is 23.7 Å². The molecule has 1 amide bonds. The highest BCUT2D eigenvalue weighted by molar-refractivity contribution is 6.32. The third-order valence-corrected chi connectivity index (χ3v) is 3.26. The van der Waals surface area contributed by atoms with E-state index in [-0.39, 0.29) is 23.6 Å². The van der Waals surface area contributed by atoms with Gasteiger partial charge in [-0.3, -0.25) is 9.59 Å². The van der Waals surface area contributed by atoms with E-state index < -0.39 is 17.8 Å². The summed E-state index contributed by atoms with van der Waals surface area (Å²) in [6, 6.07) is 10.5. The second-order valence-electron chi connectivity index (χ2n) is 4.87. The molecule has 8 heteroatoms. The van der Waals surface area contributed by atoms with Gasteiger partial charge in [0.2, 0.25) is 0 Å². The molecule has 0 unspecified atom stereocenters. The third kappa shape index (κ3) is 5.22. The highest BCUT2D eigenvalue weighted by atomic mass is 35.5. The molecule has 0 bridgehead atoms. The molecule has 0 aliphatic rings. The van der Waals surface area contributed by atoms with Gasteiger partial charge in [0.15, 0.2) is 6.61 Å². The van der Waals surface area contributed by atoms with Crippen LogP contribution in [0.25, 0.3) is 0 Å². The molecule has 0 aliphatic heterocycles. The first-order valence-electron chi connectivity index (χ1n) is 7.09. The number of esters is 1. The van der Waals surface area contributed by atoms with Crippen LogP contribution in [-0.4, -0.2) is 29.6 Å². The summed E-state index contributed by atoms with van der Waals surface area (Å²) < 4.78 is 10.1. The van der Waals surface area contributed by atoms with Gasteiger partial charge < -0.3 is 19.9 Å². The number of anilines is 1. The Morgan fingerprint density at radius 1 is 1.16 bits per heavy atom. The summed E-state index contributed by atoms with van der Waals surface area (Å²) in [5.74, 6) is -2.03. The Bertz CT molecular complexity index is 821. The molecule has 0 saturated carbocycles. The highest BCUT2D eigenvalue weighted by Gasteiger charge is 2.15. The van der Waals surface area contributed by atoms with Crippen molar-refractivity contribution < 1.29 is 29.0 Å². The molecular formula is C17H14ClNO6. The minimum atomic E-state index is -1.28. The maximum absolute atomic E-state index is 12.0. The zero-order chi connectivity index (χ0) is 18.4. The number of carbonyl (C=O) groups is 3. The number of rotatable bonds is 6. The van der Waals surface area contributed by atoms with E-state index in [0.29, 0.717) is 10.8 Å². The molecule has 0 aromatic heterocycles. The van der Waals surface area contributed by atoms with Crippen molar-refractivity contribution in [2.75, 3.05) is 11.9 Å². The summed E-state index contributed by atoms with van der Waals surface area (Å²) in [5.41, 5.74) is -0.166. The zero-order valence-corrected chi connectivity index (χ0v) is 13.9. The summed E-state index contributed by atoms with van der Waals surface area (Å²) in [4.78, 5) is 34.2. The largest absolute Gasteiger partial charge is 0.482 e. The fourth-order valence-electron chi connectivity index (χ4n) is 1.93. The van der Waals surface area contributed by atoms with E-state index in [1.807, 2.05) is 0 Å². The van der Waals surface area contributed by atoms with Gasteiger partial charge in [0, 0.05) is 6.92 Å². The Hall–Kier alpha value is -3.06. The molecule has 2 aromatic rings. The molecule has 2 rings (SSSR count). The van der Waals surface area contributed by atoms with Crippen LogP contribution in [0.4, 0.5) is 5.69 Å². The minimum Gasteiger partial charge on any atom is -0.482 e. The number of ether oxygens (including phenoxy) is 2. The van der Waals surface area contributed by atoms with Crippen molar-refractivity contribution in [1.82, 2.24) is 0 Å². The van der Waals surface area contributed by atoms with Gasteiger partial charge in [0.25, 0.3) is 5.91 Å². The molecule has 130 valence electrons. The lowest BCUT2D eigenvalue weighted by molar-refractivity contribution is -0.131. The van der Waals surface area contributed by atoms with E-state index in [1.54, 1.807) is 24.3 Å². The van der Waals surface area contributed by atoms with Gasteiger partial charge in [0.05, 0.1) is 16.3 Å². The average Bonchev–Trinajstić information content (AvgIpc) is 2.55. The van der Waals surface area contributed by atoms with Crippen molar-refractivity contribution in [3.63, 3.8) is 0 Å². The molecule has 0 fully saturated rings. The van der Waals surface area contributed by atoms with Crippen molar-refractivity contribution in [1.29, 1.82) is 0 Å². The first kappa shape index (κ1) is 18.3. The monoisotopic (exact) mass is 363 g/mol. The minimum absolute atomic E-state index is 0.0520. The third-order valence-electron chi connectivity index (χ3n) is 2.95. The number of nitrogens with one attached hydrogen (secondary N) is 1. The quantitative estimate of drug-likeness (QED) is 0.604. The number of amides is 1. The zero-order valence-electron chi connectivity index (χ0n) is 13.1. The molecule has 7 nitrogen and oxygen atoms in total. The lowest BCUT2D eigenvalue weighted by Crippen LogP contribution is -2.21. The fourth-order valence-corrected chi connectivity index (χ4v) is 2.12. The molecule has 0 atom stereocenters. The van der Waals surface area contributed by atoms with Crippen molar-refractivity contribution in [3.05, 3.63) is 53.1 Å². The van der Waals surface area contributed by atoms with E-state index >= 15 is 0 Å². The lowest BCUT2D eigenvalue weighted by Gasteiger charge is -2.11. The smallest absolute Gasteiger partial charge is 0.337 e. The Balaban J connectivity index is 2.08. The second-order valence-corrected chi connectivity index (χ2v) is 5.28. The van der Waals surface area contributed by atoms with Crippen LogP contribution in [-0.2, 0) is 9.59 Å². The summed E-state index contributed by atoms with van der Waals surface area (Å²) >= 11 is 5.92. The maximum atomic E-state index is 12.0. The van der Waals surface area contributed by atoms with Gasteiger partial charge in [0.1, 0.15) is 11.5 Å². The molecule has 0 saturated heterocycles. The van der Waals surface area contributed by atoms with Crippen LogP contribution in [0, 0.1) is 0 Å². The topological polar surface area (TPSA) is 102 Å². The predicted octanol–water partition coefficient (Wildman–Crippen LogP) is 2.98. The highest BCUT2D eigenvalue weighted by Crippen LogP contribution is 2.24. The van der Waals surface area contributed by atoms with Crippen LogP contribution in [0.2, 0.25) is 5.02 Å². The maximum Gasteiger partial charge on any atom is 0.337 e. The number of para-hydroxylation sites is 1. The Labute approximate surface area is 148 Å². The van der Waals surface area contributed by atoms with Crippen LogP contribution in [0.1, 0.15) is 17.3 Å². The van der Waals surface area contributed by atoms with E-state index in [2.05, 4.69) is 5.32 Å². The second kappa shape index (κ2) is 8.16. The molecule has 0 spiro atoms. The van der Waals surface area contributed by atoms with E-state index in [9.17, 15) is 19.5 Å². The average molecular weight is 364 g/mol. The van der Waals surface area contributed by atoms with Crippen molar-refractivity contribution in [2.24, 2.45) is 0 Å². The van der Waals surface area contributed by atoms with Crippen molar-refractivity contribution >= 4 is 35.1 Å². The van der Waals surface area contributed by atoms with Gasteiger partial charge in [-0.25, -0.2) is 4.79 Å². The van der Waals surface area contributed by atoms with E-state index in [1.165, 1.54) is 19.1 Å². The molecule has 0 aliphatic carbocycles. The number of carboxylic acids is 1. The molecule has 0 radical (unpaired) electrons. The van der Waals surface area contributed by atoms with Gasteiger partial charge in [-0.2, -0.15) is 0 Å². The molecule has 25 heavy (non-hydrogen) atoms. The van der Waals surface area contributed by atoms with Crippen LogP contribution in [0.15, 0.2) is 42.5 Å². The van der Waals surface area contributed by atoms with Gasteiger partial charge >= 0.3 is 11.9 Å². The standard InChI is InChI=1S/C17H14ClNO6/c1-10(20)25-11-6-7-14(12(8-11)17(22)23)19-16(21)9-24-15-5-3-2-4-13(15)18/h2-8H,9H2,1H3,(H,19,21)(H,22,23). The molecule has 0 heterocycles. The Morgan fingerprint density at radius 3 is 2.52 bits per heavy atom. The van der Waals surface area contributed by atoms with Crippen LogP contribution in [0.3, 0.4) is 0 Å². The lowest BCUT2D eigenvalue weighted by atomic mass is 10.1. The van der Waals surface area contributed by atoms with Crippen LogP contribution >= 0.6 is 11.6 Å². The normalized spacial score (nSPS) is 10.0. The van der Waals surface area contributed by atoms with Gasteiger partial charge in [-0.05, 0) is 30.3 Å². The van der Waals surface area contributed by atoms with E-state index in [0.717, 1.165) is 6.07 Å². The summed E-state index contributed by atoms with van der Waals surface area (Å²) in [6.45, 7) is 0.844. The number of carboxylic acid groups (broad SMARTS) is 1. The Morgan fingerprint density at radius 2 is 1.88 bits per heavy atom. The number of carbonyl (C=O) groups excluding carboxylic acids is 2. The number of hydrogen-bond donors (Lipinski definition) is 2. The van der Waals surface area contributed by atoms with Gasteiger partial charge in [-0.15, -0.1) is 0 Å². The van der Waals surface area contributed by atoms with Crippen molar-refractivity contribution in [3.8, 4) is 11.5 Å². The number of halogens is 1.